The number of carbonyl (C=O) groups is 1. The predicted molar refractivity (Wildman–Crippen MR) is 74.0 cm³/mol. The first-order valence-corrected chi connectivity index (χ1v) is 6.92. The predicted octanol–water partition coefficient (Wildman–Crippen LogP) is 3.23. The second-order valence-corrected chi connectivity index (χ2v) is 5.52. The lowest BCUT2D eigenvalue weighted by Crippen LogP contribution is -2.23. The number of amides is 1. The Morgan fingerprint density at radius 3 is 2.78 bits per heavy atom. The molecule has 3 nitrogen and oxygen atoms in total. The van der Waals surface area contributed by atoms with Crippen molar-refractivity contribution in [1.82, 2.24) is 0 Å². The molecule has 0 bridgehead atoms. The van der Waals surface area contributed by atoms with Crippen LogP contribution in [0.3, 0.4) is 0 Å². The van der Waals surface area contributed by atoms with Crippen molar-refractivity contribution in [1.29, 1.82) is 0 Å². The minimum atomic E-state index is 0.140. The van der Waals surface area contributed by atoms with Crippen LogP contribution >= 0.6 is 0 Å². The molecule has 1 fully saturated rings. The maximum atomic E-state index is 11.6. The third-order valence-corrected chi connectivity index (χ3v) is 3.96. The number of hydrogen-bond acceptors (Lipinski definition) is 2. The summed E-state index contributed by atoms with van der Waals surface area (Å²) in [5.74, 6) is 0.140. The van der Waals surface area contributed by atoms with E-state index >= 15 is 0 Å². The fourth-order valence-electron chi connectivity index (χ4n) is 3.06. The monoisotopic (exact) mass is 244 g/mol. The maximum absolute atomic E-state index is 11.6. The van der Waals surface area contributed by atoms with Crippen molar-refractivity contribution in [2.75, 3.05) is 10.6 Å². The number of fused-ring (bicyclic) bond motifs is 1. The largest absolute Gasteiger partial charge is 0.381 e. The minimum Gasteiger partial charge on any atom is -0.381 e. The SMILES string of the molecule is Cc1cc2c(c(NC3CCCC3)c1)NC(=O)CC2. The molecule has 1 amide bonds. The number of carbonyl (C=O) groups excluding carboxylic acids is 1. The van der Waals surface area contributed by atoms with Crippen molar-refractivity contribution in [3.63, 3.8) is 0 Å². The molecule has 0 aromatic heterocycles. The molecule has 1 aliphatic carbocycles. The molecule has 18 heavy (non-hydrogen) atoms. The van der Waals surface area contributed by atoms with Crippen LogP contribution in [0.25, 0.3) is 0 Å². The zero-order valence-corrected chi connectivity index (χ0v) is 10.9. The van der Waals surface area contributed by atoms with Crippen LogP contribution in [0.4, 0.5) is 11.4 Å². The molecule has 1 heterocycles. The van der Waals surface area contributed by atoms with E-state index in [4.69, 9.17) is 0 Å². The smallest absolute Gasteiger partial charge is 0.224 e. The van der Waals surface area contributed by atoms with E-state index in [1.165, 1.54) is 36.8 Å². The zero-order valence-electron chi connectivity index (χ0n) is 10.9. The van der Waals surface area contributed by atoms with E-state index in [2.05, 4.69) is 29.7 Å². The summed E-state index contributed by atoms with van der Waals surface area (Å²) < 4.78 is 0. The Labute approximate surface area is 108 Å². The summed E-state index contributed by atoms with van der Waals surface area (Å²) in [6.45, 7) is 2.12. The van der Waals surface area contributed by atoms with Crippen LogP contribution in [0.15, 0.2) is 12.1 Å². The highest BCUT2D eigenvalue weighted by Gasteiger charge is 2.21. The Morgan fingerprint density at radius 2 is 2.00 bits per heavy atom. The summed E-state index contributed by atoms with van der Waals surface area (Å²) in [7, 11) is 0. The second kappa shape index (κ2) is 4.63. The highest BCUT2D eigenvalue weighted by atomic mass is 16.1. The standard InChI is InChI=1S/C15H20N2O/c1-10-8-11-6-7-14(18)17-15(11)13(9-10)16-12-4-2-3-5-12/h8-9,12,16H,2-7H2,1H3,(H,17,18). The summed E-state index contributed by atoms with van der Waals surface area (Å²) in [4.78, 5) is 11.6. The number of nitrogens with one attached hydrogen (secondary N) is 2. The Kier molecular flexibility index (Phi) is 2.98. The number of hydrogen-bond donors (Lipinski definition) is 2. The summed E-state index contributed by atoms with van der Waals surface area (Å²) in [6, 6.07) is 4.92. The van der Waals surface area contributed by atoms with Crippen molar-refractivity contribution in [3.8, 4) is 0 Å². The Morgan fingerprint density at radius 1 is 1.22 bits per heavy atom. The molecule has 0 radical (unpaired) electrons. The first-order valence-electron chi connectivity index (χ1n) is 6.92. The lowest BCUT2D eigenvalue weighted by atomic mass is 9.99. The normalized spacial score (nSPS) is 19.5. The van der Waals surface area contributed by atoms with E-state index in [0.29, 0.717) is 12.5 Å². The van der Waals surface area contributed by atoms with Gasteiger partial charge in [-0.05, 0) is 43.4 Å². The van der Waals surface area contributed by atoms with Crippen LogP contribution in [-0.4, -0.2) is 11.9 Å². The third kappa shape index (κ3) is 2.22. The highest BCUT2D eigenvalue weighted by molar-refractivity contribution is 5.98. The van der Waals surface area contributed by atoms with E-state index in [1.54, 1.807) is 0 Å². The summed E-state index contributed by atoms with van der Waals surface area (Å²) in [5.41, 5.74) is 4.68. The van der Waals surface area contributed by atoms with Crippen LogP contribution in [0.1, 0.15) is 43.2 Å². The Hall–Kier alpha value is -1.51. The lowest BCUT2D eigenvalue weighted by Gasteiger charge is -2.24. The van der Waals surface area contributed by atoms with Crippen LogP contribution in [0.2, 0.25) is 0 Å². The molecule has 1 aromatic carbocycles. The lowest BCUT2D eigenvalue weighted by molar-refractivity contribution is -0.116. The van der Waals surface area contributed by atoms with Gasteiger partial charge < -0.3 is 10.6 Å². The van der Waals surface area contributed by atoms with Crippen LogP contribution < -0.4 is 10.6 Å². The average Bonchev–Trinajstić information content (AvgIpc) is 2.83. The number of rotatable bonds is 2. The fourth-order valence-corrected chi connectivity index (χ4v) is 3.06. The van der Waals surface area contributed by atoms with Crippen molar-refractivity contribution in [2.24, 2.45) is 0 Å². The highest BCUT2D eigenvalue weighted by Crippen LogP contribution is 2.34. The van der Waals surface area contributed by atoms with Gasteiger partial charge in [0.25, 0.3) is 0 Å². The first-order chi connectivity index (χ1) is 8.72. The summed E-state index contributed by atoms with van der Waals surface area (Å²) in [5, 5.41) is 6.64. The van der Waals surface area contributed by atoms with Gasteiger partial charge in [0.15, 0.2) is 0 Å². The van der Waals surface area contributed by atoms with Gasteiger partial charge in [0.1, 0.15) is 0 Å². The van der Waals surface area contributed by atoms with Crippen LogP contribution in [0.5, 0.6) is 0 Å². The van der Waals surface area contributed by atoms with Crippen molar-refractivity contribution < 1.29 is 4.79 Å². The number of aryl methyl sites for hydroxylation is 2. The summed E-state index contributed by atoms with van der Waals surface area (Å²) in [6.07, 6.45) is 6.60. The summed E-state index contributed by atoms with van der Waals surface area (Å²) >= 11 is 0. The molecule has 3 rings (SSSR count). The van der Waals surface area contributed by atoms with Gasteiger partial charge in [-0.3, -0.25) is 4.79 Å². The molecule has 0 spiro atoms. The van der Waals surface area contributed by atoms with Gasteiger partial charge in [0.05, 0.1) is 11.4 Å². The molecule has 1 aliphatic heterocycles. The molecule has 2 N–H and O–H groups in total. The van der Waals surface area contributed by atoms with E-state index in [-0.39, 0.29) is 5.91 Å². The molecule has 1 saturated carbocycles. The average molecular weight is 244 g/mol. The quantitative estimate of drug-likeness (QED) is 0.838. The van der Waals surface area contributed by atoms with Gasteiger partial charge >= 0.3 is 0 Å². The Balaban J connectivity index is 1.91. The molecule has 3 heteroatoms. The zero-order chi connectivity index (χ0) is 12.5. The fraction of sp³-hybridized carbons (Fsp3) is 0.533. The molecule has 0 saturated heterocycles. The van der Waals surface area contributed by atoms with E-state index < -0.39 is 0 Å². The van der Waals surface area contributed by atoms with Crippen molar-refractivity contribution in [2.45, 2.75) is 51.5 Å². The second-order valence-electron chi connectivity index (χ2n) is 5.52. The van der Waals surface area contributed by atoms with Crippen LogP contribution in [0, 0.1) is 6.92 Å². The molecular formula is C15H20N2O. The first kappa shape index (κ1) is 11.6. The molecule has 0 unspecified atom stereocenters. The molecule has 1 aromatic rings. The Bertz CT molecular complexity index is 476. The van der Waals surface area contributed by atoms with Crippen molar-refractivity contribution in [3.05, 3.63) is 23.3 Å². The number of anilines is 2. The maximum Gasteiger partial charge on any atom is 0.224 e. The van der Waals surface area contributed by atoms with Crippen molar-refractivity contribution >= 4 is 17.3 Å². The minimum absolute atomic E-state index is 0.140. The van der Waals surface area contributed by atoms with E-state index in [1.807, 2.05) is 0 Å². The molecular weight excluding hydrogens is 224 g/mol. The van der Waals surface area contributed by atoms with Gasteiger partial charge in [0, 0.05) is 12.5 Å². The van der Waals surface area contributed by atoms with E-state index in [0.717, 1.165) is 17.8 Å². The molecule has 0 atom stereocenters. The molecule has 2 aliphatic rings. The van der Waals surface area contributed by atoms with Gasteiger partial charge in [-0.2, -0.15) is 0 Å². The van der Waals surface area contributed by atoms with Gasteiger partial charge in [-0.25, -0.2) is 0 Å². The van der Waals surface area contributed by atoms with Gasteiger partial charge in [-0.1, -0.05) is 18.9 Å². The van der Waals surface area contributed by atoms with Crippen LogP contribution in [-0.2, 0) is 11.2 Å². The third-order valence-electron chi connectivity index (χ3n) is 3.96. The van der Waals surface area contributed by atoms with Gasteiger partial charge in [-0.15, -0.1) is 0 Å². The van der Waals surface area contributed by atoms with E-state index in [9.17, 15) is 4.79 Å². The molecule has 96 valence electrons. The number of benzene rings is 1. The topological polar surface area (TPSA) is 41.1 Å². The van der Waals surface area contributed by atoms with Gasteiger partial charge in [0.2, 0.25) is 5.91 Å².